The first-order valence-corrected chi connectivity index (χ1v) is 6.82. The van der Waals surface area contributed by atoms with E-state index < -0.39 is 12.0 Å². The summed E-state index contributed by atoms with van der Waals surface area (Å²) in [5, 5.41) is 9.27. The molecule has 2 rings (SSSR count). The highest BCUT2D eigenvalue weighted by Gasteiger charge is 2.50. The van der Waals surface area contributed by atoms with Crippen LogP contribution in [-0.4, -0.2) is 33.8 Å². The van der Waals surface area contributed by atoms with Gasteiger partial charge < -0.3 is 5.11 Å². The lowest BCUT2D eigenvalue weighted by Crippen LogP contribution is -2.45. The Bertz CT molecular complexity index is 403. The van der Waals surface area contributed by atoms with E-state index in [1.165, 1.54) is 0 Å². The van der Waals surface area contributed by atoms with Crippen molar-refractivity contribution >= 4 is 17.8 Å². The predicted molar refractivity (Wildman–Crippen MR) is 68.2 cm³/mol. The molecule has 0 saturated carbocycles. The number of carboxylic acids is 1. The van der Waals surface area contributed by atoms with Gasteiger partial charge in [-0.1, -0.05) is 31.9 Å². The second-order valence-corrected chi connectivity index (χ2v) is 5.20. The summed E-state index contributed by atoms with van der Waals surface area (Å²) in [5.74, 6) is -2.38. The third-order valence-electron chi connectivity index (χ3n) is 3.97. The average molecular weight is 265 g/mol. The molecular weight excluding hydrogens is 246 g/mol. The summed E-state index contributed by atoms with van der Waals surface area (Å²) in [5.41, 5.74) is 0. The minimum absolute atomic E-state index is 0.303. The number of imide groups is 1. The molecule has 0 aromatic carbocycles. The molecule has 1 saturated heterocycles. The number of carbonyl (C=O) groups excluding carboxylic acids is 2. The molecule has 0 radical (unpaired) electrons. The van der Waals surface area contributed by atoms with Gasteiger partial charge in [0.05, 0.1) is 11.8 Å². The van der Waals surface area contributed by atoms with Crippen LogP contribution in [0.4, 0.5) is 0 Å². The number of aliphatic carboxylic acids is 1. The normalized spacial score (nSPS) is 27.5. The maximum absolute atomic E-state index is 12.3. The standard InChI is InChI=1S/C14H19NO4/c1-2-3-8-11(14(18)19)15-12(16)9-6-4-5-7-10(9)13(15)17/h4-5,9-11H,2-3,6-8H2,1H3,(H,18,19). The molecule has 1 aliphatic carbocycles. The van der Waals surface area contributed by atoms with Crippen LogP contribution in [0.3, 0.4) is 0 Å². The number of carbonyl (C=O) groups is 3. The number of unbranched alkanes of at least 4 members (excludes halogenated alkanes) is 1. The van der Waals surface area contributed by atoms with Crippen LogP contribution < -0.4 is 0 Å². The molecule has 5 heteroatoms. The molecule has 3 unspecified atom stereocenters. The zero-order chi connectivity index (χ0) is 14.0. The molecule has 2 amide bonds. The van der Waals surface area contributed by atoms with Gasteiger partial charge in [-0.05, 0) is 19.3 Å². The van der Waals surface area contributed by atoms with E-state index in [9.17, 15) is 19.5 Å². The molecule has 1 aliphatic heterocycles. The monoisotopic (exact) mass is 265 g/mol. The number of amides is 2. The molecule has 0 aromatic heterocycles. The third kappa shape index (κ3) is 2.41. The number of rotatable bonds is 5. The van der Waals surface area contributed by atoms with E-state index in [0.717, 1.165) is 11.3 Å². The van der Waals surface area contributed by atoms with Crippen LogP contribution in [0.5, 0.6) is 0 Å². The highest BCUT2D eigenvalue weighted by atomic mass is 16.4. The van der Waals surface area contributed by atoms with Crippen LogP contribution in [0, 0.1) is 11.8 Å². The van der Waals surface area contributed by atoms with Crippen molar-refractivity contribution < 1.29 is 19.5 Å². The number of carboxylic acid groups (broad SMARTS) is 1. The van der Waals surface area contributed by atoms with Gasteiger partial charge in [0, 0.05) is 0 Å². The van der Waals surface area contributed by atoms with Crippen molar-refractivity contribution in [3.63, 3.8) is 0 Å². The maximum atomic E-state index is 12.3. The van der Waals surface area contributed by atoms with Crippen LogP contribution in [0.15, 0.2) is 12.2 Å². The van der Waals surface area contributed by atoms with Crippen molar-refractivity contribution in [3.8, 4) is 0 Å². The van der Waals surface area contributed by atoms with Gasteiger partial charge in [0.15, 0.2) is 0 Å². The van der Waals surface area contributed by atoms with Gasteiger partial charge in [-0.2, -0.15) is 0 Å². The van der Waals surface area contributed by atoms with Crippen LogP contribution >= 0.6 is 0 Å². The highest BCUT2D eigenvalue weighted by molar-refractivity contribution is 6.07. The molecule has 0 bridgehead atoms. The van der Waals surface area contributed by atoms with Crippen molar-refractivity contribution in [2.75, 3.05) is 0 Å². The van der Waals surface area contributed by atoms with E-state index in [-0.39, 0.29) is 23.7 Å². The summed E-state index contributed by atoms with van der Waals surface area (Å²) in [6.07, 6.45) is 6.78. The molecule has 0 aromatic rings. The molecule has 19 heavy (non-hydrogen) atoms. The Morgan fingerprint density at radius 2 is 1.84 bits per heavy atom. The zero-order valence-electron chi connectivity index (χ0n) is 11.0. The lowest BCUT2D eigenvalue weighted by atomic mass is 9.85. The molecular formula is C14H19NO4. The van der Waals surface area contributed by atoms with Gasteiger partial charge in [-0.3, -0.25) is 14.5 Å². The first kappa shape index (κ1) is 13.8. The average Bonchev–Trinajstić information content (AvgIpc) is 2.64. The summed E-state index contributed by atoms with van der Waals surface area (Å²) in [6, 6.07) is -0.995. The van der Waals surface area contributed by atoms with Crippen molar-refractivity contribution in [3.05, 3.63) is 12.2 Å². The second-order valence-electron chi connectivity index (χ2n) is 5.20. The smallest absolute Gasteiger partial charge is 0.326 e. The lowest BCUT2D eigenvalue weighted by Gasteiger charge is -2.22. The first-order valence-electron chi connectivity index (χ1n) is 6.82. The third-order valence-corrected chi connectivity index (χ3v) is 3.97. The first-order chi connectivity index (χ1) is 9.07. The van der Waals surface area contributed by atoms with Crippen molar-refractivity contribution in [1.29, 1.82) is 0 Å². The largest absolute Gasteiger partial charge is 0.480 e. The number of fused-ring (bicyclic) bond motifs is 1. The van der Waals surface area contributed by atoms with E-state index >= 15 is 0 Å². The van der Waals surface area contributed by atoms with Gasteiger partial charge in [-0.15, -0.1) is 0 Å². The summed E-state index contributed by atoms with van der Waals surface area (Å²) in [4.78, 5) is 36.9. The molecule has 104 valence electrons. The van der Waals surface area contributed by atoms with Crippen molar-refractivity contribution in [2.45, 2.75) is 45.1 Å². The Hall–Kier alpha value is -1.65. The predicted octanol–water partition coefficient (Wildman–Crippen LogP) is 1.58. The minimum atomic E-state index is -1.08. The van der Waals surface area contributed by atoms with E-state index in [4.69, 9.17) is 0 Å². The number of nitrogens with zero attached hydrogens (tertiary/aromatic N) is 1. The quantitative estimate of drug-likeness (QED) is 0.605. The Morgan fingerprint density at radius 3 is 2.26 bits per heavy atom. The number of hydrogen-bond donors (Lipinski definition) is 1. The molecule has 5 nitrogen and oxygen atoms in total. The summed E-state index contributed by atoms with van der Waals surface area (Å²) < 4.78 is 0. The topological polar surface area (TPSA) is 74.7 Å². The number of allylic oxidation sites excluding steroid dienone is 2. The van der Waals surface area contributed by atoms with Crippen LogP contribution in [-0.2, 0) is 14.4 Å². The number of likely N-dealkylation sites (tertiary alicyclic amines) is 1. The fourth-order valence-corrected chi connectivity index (χ4v) is 2.89. The van der Waals surface area contributed by atoms with E-state index in [0.29, 0.717) is 25.7 Å². The Kier molecular flexibility index (Phi) is 4.02. The minimum Gasteiger partial charge on any atom is -0.480 e. The lowest BCUT2D eigenvalue weighted by molar-refractivity contribution is -0.155. The highest BCUT2D eigenvalue weighted by Crippen LogP contribution is 2.36. The fraction of sp³-hybridized carbons (Fsp3) is 0.643. The molecule has 0 spiro atoms. The van der Waals surface area contributed by atoms with Crippen molar-refractivity contribution in [2.24, 2.45) is 11.8 Å². The summed E-state index contributed by atoms with van der Waals surface area (Å²) in [6.45, 7) is 1.95. The van der Waals surface area contributed by atoms with Crippen molar-refractivity contribution in [1.82, 2.24) is 4.90 Å². The molecule has 1 fully saturated rings. The van der Waals surface area contributed by atoms with Crippen LogP contribution in [0.2, 0.25) is 0 Å². The molecule has 1 heterocycles. The summed E-state index contributed by atoms with van der Waals surface area (Å²) >= 11 is 0. The second kappa shape index (κ2) is 5.55. The zero-order valence-corrected chi connectivity index (χ0v) is 11.0. The van der Waals surface area contributed by atoms with Gasteiger partial charge in [-0.25, -0.2) is 4.79 Å². The van der Waals surface area contributed by atoms with E-state index in [1.807, 2.05) is 19.1 Å². The van der Waals surface area contributed by atoms with Gasteiger partial charge in [0.2, 0.25) is 11.8 Å². The molecule has 1 N–H and O–H groups in total. The molecule has 2 aliphatic rings. The summed E-state index contributed by atoms with van der Waals surface area (Å²) in [7, 11) is 0. The van der Waals surface area contributed by atoms with E-state index in [2.05, 4.69) is 0 Å². The fourth-order valence-electron chi connectivity index (χ4n) is 2.89. The van der Waals surface area contributed by atoms with Crippen LogP contribution in [0.25, 0.3) is 0 Å². The van der Waals surface area contributed by atoms with Gasteiger partial charge in [0.25, 0.3) is 0 Å². The van der Waals surface area contributed by atoms with Gasteiger partial charge in [0.1, 0.15) is 6.04 Å². The maximum Gasteiger partial charge on any atom is 0.326 e. The van der Waals surface area contributed by atoms with Gasteiger partial charge >= 0.3 is 5.97 Å². The Balaban J connectivity index is 2.21. The molecule has 3 atom stereocenters. The SMILES string of the molecule is CCCCC(C(=O)O)N1C(=O)C2CC=CCC2C1=O. The Morgan fingerprint density at radius 1 is 1.32 bits per heavy atom. The Labute approximate surface area is 112 Å². The number of hydrogen-bond acceptors (Lipinski definition) is 3. The van der Waals surface area contributed by atoms with Crippen LogP contribution in [0.1, 0.15) is 39.0 Å². The van der Waals surface area contributed by atoms with E-state index in [1.54, 1.807) is 0 Å².